The number of hydrogen-bond acceptors (Lipinski definition) is 3. The summed E-state index contributed by atoms with van der Waals surface area (Å²) in [5.41, 5.74) is 0. The molecule has 0 aromatic rings. The molecule has 0 heterocycles. The molecule has 3 nitrogen and oxygen atoms in total. The van der Waals surface area contributed by atoms with Crippen LogP contribution in [0, 0.1) is 0 Å². The smallest absolute Gasteiger partial charge is 0.157 e. The van der Waals surface area contributed by atoms with Crippen LogP contribution in [-0.4, -0.2) is 46.5 Å². The highest BCUT2D eigenvalue weighted by molar-refractivity contribution is 4.78. The number of hydrogen-bond donors (Lipinski definition) is 3. The normalized spacial score (nSPS) is 22.4. The molecule has 0 spiro atoms. The van der Waals surface area contributed by atoms with Gasteiger partial charge in [-0.05, 0) is 6.92 Å². The minimum absolute atomic E-state index is 1.18. The van der Waals surface area contributed by atoms with Gasteiger partial charge in [0.15, 0.2) is 6.17 Å². The lowest BCUT2D eigenvalue weighted by molar-refractivity contribution is -0.0840. The van der Waals surface area contributed by atoms with E-state index in [-0.39, 0.29) is 0 Å². The zero-order valence-corrected chi connectivity index (χ0v) is 6.11. The lowest BCUT2D eigenvalue weighted by atomic mass is 10.1. The summed E-state index contributed by atoms with van der Waals surface area (Å²) >= 11 is 0. The van der Waals surface area contributed by atoms with Gasteiger partial charge in [-0.2, -0.15) is 0 Å². The third-order valence-corrected chi connectivity index (χ3v) is 1.36. The monoisotopic (exact) mass is 170 g/mol. The number of alkyl halides is 2. The van der Waals surface area contributed by atoms with E-state index < -0.39 is 31.2 Å². The van der Waals surface area contributed by atoms with E-state index in [4.69, 9.17) is 15.3 Å². The van der Waals surface area contributed by atoms with Crippen LogP contribution in [0.4, 0.5) is 8.78 Å². The van der Waals surface area contributed by atoms with Crippen molar-refractivity contribution in [3.8, 4) is 0 Å². The second-order valence-electron chi connectivity index (χ2n) is 2.39. The van der Waals surface area contributed by atoms with Crippen LogP contribution in [0.25, 0.3) is 0 Å². The van der Waals surface area contributed by atoms with E-state index in [0.29, 0.717) is 0 Å². The van der Waals surface area contributed by atoms with Gasteiger partial charge in [-0.25, -0.2) is 8.78 Å². The van der Waals surface area contributed by atoms with Crippen molar-refractivity contribution >= 4 is 0 Å². The van der Waals surface area contributed by atoms with Crippen LogP contribution < -0.4 is 0 Å². The van der Waals surface area contributed by atoms with Gasteiger partial charge >= 0.3 is 0 Å². The Bertz CT molecular complexity index is 110. The molecule has 0 radical (unpaired) electrons. The highest BCUT2D eigenvalue weighted by atomic mass is 19.2. The molecule has 0 aromatic heterocycles. The van der Waals surface area contributed by atoms with Crippen LogP contribution in [0.5, 0.6) is 0 Å². The van der Waals surface area contributed by atoms with Gasteiger partial charge in [0.2, 0.25) is 0 Å². The van der Waals surface area contributed by atoms with Crippen LogP contribution in [0.1, 0.15) is 6.92 Å². The van der Waals surface area contributed by atoms with E-state index >= 15 is 0 Å². The molecule has 4 atom stereocenters. The molecule has 0 aliphatic heterocycles. The zero-order chi connectivity index (χ0) is 9.02. The van der Waals surface area contributed by atoms with E-state index in [0.717, 1.165) is 0 Å². The van der Waals surface area contributed by atoms with Gasteiger partial charge in [-0.15, -0.1) is 0 Å². The van der Waals surface area contributed by atoms with Crippen LogP contribution in [-0.2, 0) is 0 Å². The highest BCUT2D eigenvalue weighted by Gasteiger charge is 2.29. The average molecular weight is 170 g/mol. The molecule has 3 N–H and O–H groups in total. The molecule has 0 unspecified atom stereocenters. The SMILES string of the molecule is C[C@@H](O)[C@H](O)[C@H](O)[C@@H](F)CF. The van der Waals surface area contributed by atoms with Crippen molar-refractivity contribution in [2.45, 2.75) is 31.4 Å². The number of rotatable bonds is 4. The second kappa shape index (κ2) is 4.58. The average Bonchev–Trinajstić information content (AvgIpc) is 2.00. The Hall–Kier alpha value is -0.260. The van der Waals surface area contributed by atoms with Gasteiger partial charge in [0.05, 0.1) is 6.10 Å². The predicted octanol–water partition coefficient (Wildman–Crippen LogP) is -0.603. The topological polar surface area (TPSA) is 60.7 Å². The van der Waals surface area contributed by atoms with Crippen molar-refractivity contribution in [2.75, 3.05) is 6.67 Å². The molecule has 0 bridgehead atoms. The van der Waals surface area contributed by atoms with E-state index in [2.05, 4.69) is 0 Å². The maximum atomic E-state index is 12.2. The predicted molar refractivity (Wildman–Crippen MR) is 34.6 cm³/mol. The Morgan fingerprint density at radius 3 is 1.91 bits per heavy atom. The number of aliphatic hydroxyl groups excluding tert-OH is 3. The molecule has 0 saturated heterocycles. The van der Waals surface area contributed by atoms with Crippen molar-refractivity contribution in [3.05, 3.63) is 0 Å². The molecule has 0 saturated carbocycles. The maximum Gasteiger partial charge on any atom is 0.157 e. The van der Waals surface area contributed by atoms with Crippen LogP contribution in [0.2, 0.25) is 0 Å². The summed E-state index contributed by atoms with van der Waals surface area (Å²) in [5, 5.41) is 26.2. The van der Waals surface area contributed by atoms with Gasteiger partial charge in [-0.1, -0.05) is 0 Å². The van der Waals surface area contributed by atoms with Gasteiger partial charge in [0.1, 0.15) is 18.9 Å². The Morgan fingerprint density at radius 2 is 1.64 bits per heavy atom. The summed E-state index contributed by atoms with van der Waals surface area (Å²) in [5.74, 6) is 0. The third kappa shape index (κ3) is 3.09. The van der Waals surface area contributed by atoms with Crippen molar-refractivity contribution in [1.82, 2.24) is 0 Å². The lowest BCUT2D eigenvalue weighted by Crippen LogP contribution is -2.42. The molecule has 0 amide bonds. The van der Waals surface area contributed by atoms with Gasteiger partial charge < -0.3 is 15.3 Å². The maximum absolute atomic E-state index is 12.2. The Morgan fingerprint density at radius 1 is 1.18 bits per heavy atom. The van der Waals surface area contributed by atoms with Gasteiger partial charge in [-0.3, -0.25) is 0 Å². The standard InChI is InChI=1S/C6H12F2O3/c1-3(9)5(10)6(11)4(8)2-7/h3-6,9-11H,2H2,1H3/t3-,4+,5+,6-/m1/s1. The fraction of sp³-hybridized carbons (Fsp3) is 1.00. The largest absolute Gasteiger partial charge is 0.391 e. The van der Waals surface area contributed by atoms with Crippen molar-refractivity contribution in [1.29, 1.82) is 0 Å². The van der Waals surface area contributed by atoms with E-state index in [9.17, 15) is 8.78 Å². The first kappa shape index (κ1) is 10.7. The summed E-state index contributed by atoms with van der Waals surface area (Å²) < 4.78 is 23.8. The summed E-state index contributed by atoms with van der Waals surface area (Å²) in [6.07, 6.45) is -6.91. The van der Waals surface area contributed by atoms with Crippen LogP contribution >= 0.6 is 0 Å². The minimum Gasteiger partial charge on any atom is -0.391 e. The fourth-order valence-electron chi connectivity index (χ4n) is 0.591. The van der Waals surface area contributed by atoms with Gasteiger partial charge in [0.25, 0.3) is 0 Å². The first-order valence-electron chi connectivity index (χ1n) is 3.25. The molecule has 0 aliphatic carbocycles. The molecular weight excluding hydrogens is 158 g/mol. The Balaban J connectivity index is 3.90. The number of aliphatic hydroxyl groups is 3. The molecule has 11 heavy (non-hydrogen) atoms. The third-order valence-electron chi connectivity index (χ3n) is 1.36. The molecule has 5 heteroatoms. The molecule has 0 aliphatic rings. The molecule has 0 aromatic carbocycles. The zero-order valence-electron chi connectivity index (χ0n) is 6.11. The quantitative estimate of drug-likeness (QED) is 0.527. The fourth-order valence-corrected chi connectivity index (χ4v) is 0.591. The van der Waals surface area contributed by atoms with E-state index in [1.165, 1.54) is 6.92 Å². The molecule has 0 rings (SSSR count). The van der Waals surface area contributed by atoms with E-state index in [1.54, 1.807) is 0 Å². The molecular formula is C6H12F2O3. The Kier molecular flexibility index (Phi) is 4.48. The van der Waals surface area contributed by atoms with Gasteiger partial charge in [0, 0.05) is 0 Å². The van der Waals surface area contributed by atoms with Crippen molar-refractivity contribution < 1.29 is 24.1 Å². The summed E-state index contributed by atoms with van der Waals surface area (Å²) in [6, 6.07) is 0. The summed E-state index contributed by atoms with van der Waals surface area (Å²) in [4.78, 5) is 0. The second-order valence-corrected chi connectivity index (χ2v) is 2.39. The van der Waals surface area contributed by atoms with E-state index in [1.807, 2.05) is 0 Å². The van der Waals surface area contributed by atoms with Crippen molar-refractivity contribution in [2.24, 2.45) is 0 Å². The molecule has 0 fully saturated rings. The minimum atomic E-state index is -2.14. The molecule has 68 valence electrons. The van der Waals surface area contributed by atoms with Crippen LogP contribution in [0.3, 0.4) is 0 Å². The summed E-state index contributed by atoms with van der Waals surface area (Å²) in [7, 11) is 0. The van der Waals surface area contributed by atoms with Crippen molar-refractivity contribution in [3.63, 3.8) is 0 Å². The number of halogens is 2. The lowest BCUT2D eigenvalue weighted by Gasteiger charge is -2.21. The Labute approximate surface area is 63.3 Å². The first-order chi connectivity index (χ1) is 5.00. The summed E-state index contributed by atoms with van der Waals surface area (Å²) in [6.45, 7) is -0.191. The highest BCUT2D eigenvalue weighted by Crippen LogP contribution is 2.07. The first-order valence-corrected chi connectivity index (χ1v) is 3.25. The van der Waals surface area contributed by atoms with Crippen LogP contribution in [0.15, 0.2) is 0 Å².